The largest absolute Gasteiger partial charge is 0.507 e. The highest BCUT2D eigenvalue weighted by Gasteiger charge is 2.16. The van der Waals surface area contributed by atoms with Crippen LogP contribution in [0.5, 0.6) is 11.5 Å². The van der Waals surface area contributed by atoms with Crippen LogP contribution in [0.3, 0.4) is 0 Å². The number of benzene rings is 2. The van der Waals surface area contributed by atoms with Crippen molar-refractivity contribution in [1.82, 2.24) is 9.80 Å². The average molecular weight is 652 g/mol. The minimum Gasteiger partial charge on any atom is -0.507 e. The number of rotatable bonds is 11. The smallest absolute Gasteiger partial charge is 0.128 e. The molecule has 0 amide bonds. The van der Waals surface area contributed by atoms with Crippen molar-refractivity contribution in [2.45, 2.75) is 25.9 Å². The highest BCUT2D eigenvalue weighted by atomic mass is 79.9. The van der Waals surface area contributed by atoms with E-state index in [9.17, 15) is 10.2 Å². The van der Waals surface area contributed by atoms with Crippen molar-refractivity contribution in [3.8, 4) is 11.5 Å². The number of morpholine rings is 2. The van der Waals surface area contributed by atoms with Crippen molar-refractivity contribution in [2.75, 3.05) is 65.7 Å². The number of aliphatic imine (C=N–C) groups is 2. The lowest BCUT2D eigenvalue weighted by Gasteiger charge is -2.27. The molecule has 206 valence electrons. The van der Waals surface area contributed by atoms with E-state index in [4.69, 9.17) is 9.47 Å². The van der Waals surface area contributed by atoms with Crippen LogP contribution in [0.25, 0.3) is 0 Å². The van der Waals surface area contributed by atoms with Gasteiger partial charge in [0.05, 0.1) is 26.4 Å². The summed E-state index contributed by atoms with van der Waals surface area (Å²) in [7, 11) is 0. The highest BCUT2D eigenvalue weighted by Crippen LogP contribution is 2.29. The number of hydrogen-bond donors (Lipinski definition) is 2. The maximum Gasteiger partial charge on any atom is 0.128 e. The van der Waals surface area contributed by atoms with E-state index in [1.165, 1.54) is 0 Å². The van der Waals surface area contributed by atoms with E-state index < -0.39 is 0 Å². The molecule has 0 aromatic heterocycles. The summed E-state index contributed by atoms with van der Waals surface area (Å²) in [6.07, 6.45) is 5.27. The molecule has 0 atom stereocenters. The quantitative estimate of drug-likeness (QED) is 0.273. The molecule has 0 bridgehead atoms. The van der Waals surface area contributed by atoms with Gasteiger partial charge in [0.25, 0.3) is 0 Å². The summed E-state index contributed by atoms with van der Waals surface area (Å²) in [6.45, 7) is 9.09. The van der Waals surface area contributed by atoms with Gasteiger partial charge in [-0.05, 0) is 37.1 Å². The first kappa shape index (κ1) is 29.2. The molecule has 2 aliphatic heterocycles. The second-order valence-corrected chi connectivity index (χ2v) is 11.4. The molecule has 0 aliphatic carbocycles. The van der Waals surface area contributed by atoms with Crippen molar-refractivity contribution in [3.63, 3.8) is 0 Å². The summed E-state index contributed by atoms with van der Waals surface area (Å²) in [5.41, 5.74) is 3.22. The van der Waals surface area contributed by atoms with Crippen LogP contribution >= 0.6 is 31.9 Å². The normalized spacial score (nSPS) is 17.6. The van der Waals surface area contributed by atoms with E-state index >= 15 is 0 Å². The Morgan fingerprint density at radius 3 is 1.47 bits per heavy atom. The van der Waals surface area contributed by atoms with Crippen LogP contribution < -0.4 is 0 Å². The highest BCUT2D eigenvalue weighted by molar-refractivity contribution is 9.10. The zero-order valence-electron chi connectivity index (χ0n) is 21.6. The Kier molecular flexibility index (Phi) is 11.6. The monoisotopic (exact) mass is 650 g/mol. The maximum absolute atomic E-state index is 10.8. The SMILES string of the molecule is Oc1c(C=NCCCCN=Cc2cc(Br)cc(CN3CCOCC3)c2O)cc(Br)cc1CN1CCOCC1. The van der Waals surface area contributed by atoms with Crippen LogP contribution in [0.4, 0.5) is 0 Å². The van der Waals surface area contributed by atoms with Crippen LogP contribution in [-0.2, 0) is 22.6 Å². The van der Waals surface area contributed by atoms with Crippen LogP contribution in [0.1, 0.15) is 35.1 Å². The molecular formula is C28H36Br2N4O4. The Hall–Kier alpha value is -1.82. The number of ether oxygens (including phenoxy) is 2. The molecule has 2 saturated heterocycles. The van der Waals surface area contributed by atoms with Gasteiger partial charge in [0.15, 0.2) is 0 Å². The number of halogens is 2. The average Bonchev–Trinajstić information content (AvgIpc) is 2.91. The van der Waals surface area contributed by atoms with Gasteiger partial charge < -0.3 is 19.7 Å². The Balaban J connectivity index is 1.23. The summed E-state index contributed by atoms with van der Waals surface area (Å²) >= 11 is 7.12. The summed E-state index contributed by atoms with van der Waals surface area (Å²) in [5.74, 6) is 0.574. The van der Waals surface area contributed by atoms with Crippen LogP contribution in [-0.4, -0.2) is 98.1 Å². The van der Waals surface area contributed by atoms with Gasteiger partial charge in [-0.1, -0.05) is 31.9 Å². The van der Waals surface area contributed by atoms with Gasteiger partial charge in [0.1, 0.15) is 11.5 Å². The Bertz CT molecular complexity index is 1030. The zero-order valence-corrected chi connectivity index (χ0v) is 24.8. The fourth-order valence-corrected chi connectivity index (χ4v) is 5.57. The number of nitrogens with zero attached hydrogens (tertiary/aromatic N) is 4. The number of hydrogen-bond acceptors (Lipinski definition) is 8. The Morgan fingerprint density at radius 2 is 1.08 bits per heavy atom. The molecule has 38 heavy (non-hydrogen) atoms. The minimum atomic E-state index is 0.287. The maximum atomic E-state index is 10.8. The summed E-state index contributed by atoms with van der Waals surface area (Å²) < 4.78 is 12.7. The van der Waals surface area contributed by atoms with E-state index in [0.717, 1.165) is 96.6 Å². The first-order chi connectivity index (χ1) is 18.5. The molecule has 2 aromatic rings. The molecule has 2 aromatic carbocycles. The number of unbranched alkanes of at least 4 members (excludes halogenated alkanes) is 1. The summed E-state index contributed by atoms with van der Waals surface area (Å²) in [4.78, 5) is 13.6. The molecule has 0 unspecified atom stereocenters. The number of phenols is 2. The Morgan fingerprint density at radius 1 is 0.684 bits per heavy atom. The van der Waals surface area contributed by atoms with Crippen molar-refractivity contribution < 1.29 is 19.7 Å². The molecule has 2 N–H and O–H groups in total. The Labute approximate surface area is 241 Å². The lowest BCUT2D eigenvalue weighted by Crippen LogP contribution is -2.35. The molecule has 0 radical (unpaired) electrons. The molecule has 8 nitrogen and oxygen atoms in total. The minimum absolute atomic E-state index is 0.287. The van der Waals surface area contributed by atoms with Crippen molar-refractivity contribution in [3.05, 3.63) is 55.5 Å². The summed E-state index contributed by atoms with van der Waals surface area (Å²) in [6, 6.07) is 7.72. The predicted molar refractivity (Wildman–Crippen MR) is 158 cm³/mol. The van der Waals surface area contributed by atoms with Crippen molar-refractivity contribution in [2.24, 2.45) is 9.98 Å². The number of aromatic hydroxyl groups is 2. The third-order valence-corrected chi connectivity index (χ3v) is 7.56. The lowest BCUT2D eigenvalue weighted by molar-refractivity contribution is 0.0338. The van der Waals surface area contributed by atoms with Gasteiger partial charge in [-0.2, -0.15) is 0 Å². The molecule has 0 saturated carbocycles. The molecule has 0 spiro atoms. The van der Waals surface area contributed by atoms with E-state index in [0.29, 0.717) is 26.2 Å². The van der Waals surface area contributed by atoms with E-state index in [-0.39, 0.29) is 11.5 Å². The number of phenolic OH excluding ortho intramolecular Hbond substituents is 2. The molecule has 2 heterocycles. The second-order valence-electron chi connectivity index (χ2n) is 9.56. The predicted octanol–water partition coefficient (Wildman–Crippen LogP) is 4.61. The van der Waals surface area contributed by atoms with Crippen molar-refractivity contribution in [1.29, 1.82) is 0 Å². The lowest BCUT2D eigenvalue weighted by atomic mass is 10.1. The topological polar surface area (TPSA) is 90.1 Å². The third-order valence-electron chi connectivity index (χ3n) is 6.65. The third kappa shape index (κ3) is 8.86. The fourth-order valence-electron chi connectivity index (χ4n) is 4.53. The standard InChI is InChI=1S/C28H36Br2N4O4/c29-25-13-21(27(35)23(15-25)19-33-5-9-37-10-6-33)17-31-3-1-2-4-32-18-22-14-26(30)16-24(28(22)36)20-34-7-11-38-12-8-34/h13-18,35-36H,1-12,19-20H2. The molecule has 2 fully saturated rings. The molecule has 2 aliphatic rings. The van der Waals surface area contributed by atoms with E-state index in [1.807, 2.05) is 24.3 Å². The molecular weight excluding hydrogens is 616 g/mol. The van der Waals surface area contributed by atoms with Gasteiger partial charge in [0.2, 0.25) is 0 Å². The molecule has 4 rings (SSSR count). The van der Waals surface area contributed by atoms with Crippen LogP contribution in [0.2, 0.25) is 0 Å². The van der Waals surface area contributed by atoms with Gasteiger partial charge in [0, 0.05) is 96.0 Å². The van der Waals surface area contributed by atoms with Gasteiger partial charge in [-0.15, -0.1) is 0 Å². The van der Waals surface area contributed by atoms with E-state index in [2.05, 4.69) is 51.6 Å². The van der Waals surface area contributed by atoms with Crippen LogP contribution in [0.15, 0.2) is 43.2 Å². The van der Waals surface area contributed by atoms with E-state index in [1.54, 1.807) is 12.4 Å². The molecule has 10 heteroatoms. The van der Waals surface area contributed by atoms with Crippen LogP contribution in [0, 0.1) is 0 Å². The fraction of sp³-hybridized carbons (Fsp3) is 0.500. The van der Waals surface area contributed by atoms with Crippen molar-refractivity contribution >= 4 is 44.3 Å². The van der Waals surface area contributed by atoms with Gasteiger partial charge in [-0.25, -0.2) is 0 Å². The zero-order chi connectivity index (χ0) is 26.7. The van der Waals surface area contributed by atoms with Gasteiger partial charge in [-0.3, -0.25) is 19.8 Å². The first-order valence-electron chi connectivity index (χ1n) is 13.1. The van der Waals surface area contributed by atoms with Gasteiger partial charge >= 0.3 is 0 Å². The first-order valence-corrected chi connectivity index (χ1v) is 14.7. The second kappa shape index (κ2) is 15.1. The summed E-state index contributed by atoms with van der Waals surface area (Å²) in [5, 5.41) is 21.5.